The lowest BCUT2D eigenvalue weighted by Crippen LogP contribution is -2.53. The molecule has 0 amide bonds. The molecule has 0 aliphatic carbocycles. The third kappa shape index (κ3) is 2.37. The number of nitrogens with zero attached hydrogens (tertiary/aromatic N) is 4. The zero-order valence-electron chi connectivity index (χ0n) is 10.1. The monoisotopic (exact) mass is 254 g/mol. The van der Waals surface area contributed by atoms with Gasteiger partial charge in [0.1, 0.15) is 11.9 Å². The van der Waals surface area contributed by atoms with E-state index < -0.39 is 12.0 Å². The topological polar surface area (TPSA) is 121 Å². The first kappa shape index (κ1) is 12.6. The van der Waals surface area contributed by atoms with Crippen molar-refractivity contribution in [2.75, 3.05) is 39.3 Å². The number of hydrogen-bond acceptors (Lipinski definition) is 7. The van der Waals surface area contributed by atoms with Crippen LogP contribution in [0.4, 0.5) is 0 Å². The van der Waals surface area contributed by atoms with Gasteiger partial charge < -0.3 is 26.4 Å². The molecule has 0 aromatic heterocycles. The minimum Gasteiger partial charge on any atom is -0.480 e. The smallest absolute Gasteiger partial charge is 0.328 e. The largest absolute Gasteiger partial charge is 0.480 e. The van der Waals surface area contributed by atoms with Crippen molar-refractivity contribution < 1.29 is 9.90 Å². The molecule has 2 heterocycles. The Bertz CT molecular complexity index is 394. The number of carboxylic acid groups (broad SMARTS) is 1. The molecular formula is C10H18N6O2. The standard InChI is InChI=1S/C10H18N6O2/c11-5-8-13-1-3-15(8)6-7(9(17)18)16-4-2-14-10(16)12/h7H,1-6,11H2,(H2,12,14)(H,17,18). The highest BCUT2D eigenvalue weighted by Gasteiger charge is 2.32. The van der Waals surface area contributed by atoms with Crippen molar-refractivity contribution >= 4 is 17.8 Å². The molecule has 100 valence electrons. The number of aliphatic carboxylic acids is 1. The second-order valence-corrected chi connectivity index (χ2v) is 4.24. The average Bonchev–Trinajstić information content (AvgIpc) is 2.94. The third-order valence-corrected chi connectivity index (χ3v) is 3.18. The second-order valence-electron chi connectivity index (χ2n) is 4.24. The number of carboxylic acids is 1. The van der Waals surface area contributed by atoms with Crippen LogP contribution in [0.5, 0.6) is 0 Å². The van der Waals surface area contributed by atoms with E-state index in [0.717, 1.165) is 5.84 Å². The Labute approximate surface area is 105 Å². The lowest BCUT2D eigenvalue weighted by atomic mass is 10.2. The summed E-state index contributed by atoms with van der Waals surface area (Å²) >= 11 is 0. The second kappa shape index (κ2) is 5.21. The summed E-state index contributed by atoms with van der Waals surface area (Å²) in [7, 11) is 0. The van der Waals surface area contributed by atoms with E-state index in [4.69, 9.17) is 11.5 Å². The van der Waals surface area contributed by atoms with Gasteiger partial charge in [-0.1, -0.05) is 0 Å². The normalized spacial score (nSPS) is 20.9. The maximum absolute atomic E-state index is 11.4. The van der Waals surface area contributed by atoms with Gasteiger partial charge in [0.25, 0.3) is 0 Å². The summed E-state index contributed by atoms with van der Waals surface area (Å²) < 4.78 is 0. The first-order valence-electron chi connectivity index (χ1n) is 5.91. The van der Waals surface area contributed by atoms with Gasteiger partial charge in [-0.25, -0.2) is 4.79 Å². The molecular weight excluding hydrogens is 236 g/mol. The van der Waals surface area contributed by atoms with Crippen LogP contribution in [0.3, 0.4) is 0 Å². The van der Waals surface area contributed by atoms with E-state index in [-0.39, 0.29) is 0 Å². The molecule has 2 aliphatic rings. The van der Waals surface area contributed by atoms with Gasteiger partial charge in [-0.2, -0.15) is 0 Å². The molecule has 8 nitrogen and oxygen atoms in total. The zero-order valence-corrected chi connectivity index (χ0v) is 10.1. The number of aliphatic imine (C=N–C) groups is 2. The summed E-state index contributed by atoms with van der Waals surface area (Å²) in [5, 5.41) is 9.32. The van der Waals surface area contributed by atoms with Crippen LogP contribution in [-0.2, 0) is 4.79 Å². The fourth-order valence-electron chi connectivity index (χ4n) is 2.23. The summed E-state index contributed by atoms with van der Waals surface area (Å²) in [6.07, 6.45) is 0. The molecule has 2 aliphatic heterocycles. The first-order chi connectivity index (χ1) is 8.63. The highest BCUT2D eigenvalue weighted by Crippen LogP contribution is 2.10. The van der Waals surface area contributed by atoms with Gasteiger partial charge >= 0.3 is 5.97 Å². The van der Waals surface area contributed by atoms with E-state index in [0.29, 0.717) is 45.2 Å². The van der Waals surface area contributed by atoms with Crippen molar-refractivity contribution in [1.82, 2.24) is 9.80 Å². The van der Waals surface area contributed by atoms with Crippen molar-refractivity contribution in [3.05, 3.63) is 0 Å². The molecule has 0 saturated carbocycles. The molecule has 0 aromatic carbocycles. The molecule has 8 heteroatoms. The van der Waals surface area contributed by atoms with Crippen molar-refractivity contribution in [3.8, 4) is 0 Å². The van der Waals surface area contributed by atoms with Gasteiger partial charge in [0.2, 0.25) is 0 Å². The van der Waals surface area contributed by atoms with Gasteiger partial charge in [0.05, 0.1) is 26.2 Å². The molecule has 1 atom stereocenters. The average molecular weight is 254 g/mol. The fraction of sp³-hybridized carbons (Fsp3) is 0.700. The highest BCUT2D eigenvalue weighted by atomic mass is 16.4. The van der Waals surface area contributed by atoms with E-state index in [1.54, 1.807) is 4.90 Å². The van der Waals surface area contributed by atoms with Gasteiger partial charge in [-0.15, -0.1) is 0 Å². The number of guanidine groups is 1. The Balaban J connectivity index is 2.05. The molecule has 2 rings (SSSR count). The Morgan fingerprint density at radius 2 is 2.11 bits per heavy atom. The number of hydrogen-bond donors (Lipinski definition) is 3. The maximum Gasteiger partial charge on any atom is 0.328 e. The molecule has 0 spiro atoms. The summed E-state index contributed by atoms with van der Waals surface area (Å²) in [5.41, 5.74) is 11.3. The number of rotatable bonds is 5. The zero-order chi connectivity index (χ0) is 13.1. The minimum absolute atomic E-state index is 0.299. The Morgan fingerprint density at radius 3 is 2.67 bits per heavy atom. The third-order valence-electron chi connectivity index (χ3n) is 3.18. The van der Waals surface area contributed by atoms with E-state index in [1.165, 1.54) is 0 Å². The first-order valence-corrected chi connectivity index (χ1v) is 5.91. The van der Waals surface area contributed by atoms with Gasteiger partial charge in [0.15, 0.2) is 5.96 Å². The predicted octanol–water partition coefficient (Wildman–Crippen LogP) is -2.26. The fourth-order valence-corrected chi connectivity index (χ4v) is 2.23. The van der Waals surface area contributed by atoms with Gasteiger partial charge in [-0.05, 0) is 0 Å². The highest BCUT2D eigenvalue weighted by molar-refractivity contribution is 5.88. The lowest BCUT2D eigenvalue weighted by molar-refractivity contribution is -0.142. The van der Waals surface area contributed by atoms with Crippen LogP contribution in [0.25, 0.3) is 0 Å². The number of nitrogens with two attached hydrogens (primary N) is 2. The van der Waals surface area contributed by atoms with Crippen molar-refractivity contribution in [2.24, 2.45) is 21.5 Å². The lowest BCUT2D eigenvalue weighted by Gasteiger charge is -2.30. The van der Waals surface area contributed by atoms with Crippen LogP contribution in [0.15, 0.2) is 9.98 Å². The molecule has 18 heavy (non-hydrogen) atoms. The van der Waals surface area contributed by atoms with Crippen LogP contribution in [0.2, 0.25) is 0 Å². The quantitative estimate of drug-likeness (QED) is 0.509. The van der Waals surface area contributed by atoms with Crippen molar-refractivity contribution in [1.29, 1.82) is 0 Å². The number of amidine groups is 1. The van der Waals surface area contributed by atoms with Gasteiger partial charge in [0, 0.05) is 13.1 Å². The van der Waals surface area contributed by atoms with E-state index in [9.17, 15) is 9.90 Å². The summed E-state index contributed by atoms with van der Waals surface area (Å²) in [4.78, 5) is 23.1. The van der Waals surface area contributed by atoms with Crippen LogP contribution in [0.1, 0.15) is 0 Å². The minimum atomic E-state index is -0.904. The van der Waals surface area contributed by atoms with Crippen LogP contribution < -0.4 is 11.5 Å². The van der Waals surface area contributed by atoms with E-state index >= 15 is 0 Å². The Morgan fingerprint density at radius 1 is 1.39 bits per heavy atom. The Kier molecular flexibility index (Phi) is 3.66. The summed E-state index contributed by atoms with van der Waals surface area (Å²) in [5.74, 6) is 0.155. The molecule has 0 aromatic rings. The van der Waals surface area contributed by atoms with E-state index in [1.807, 2.05) is 4.90 Å². The predicted molar refractivity (Wildman–Crippen MR) is 67.5 cm³/mol. The van der Waals surface area contributed by atoms with Gasteiger partial charge in [-0.3, -0.25) is 9.98 Å². The summed E-state index contributed by atoms with van der Waals surface area (Å²) in [6, 6.07) is -0.703. The SMILES string of the molecule is NCC1=NCCN1CC(C(=O)O)N1CCN=C1N. The molecule has 5 N–H and O–H groups in total. The Hall–Kier alpha value is -1.83. The molecule has 0 bridgehead atoms. The number of carbonyl (C=O) groups is 1. The maximum atomic E-state index is 11.4. The van der Waals surface area contributed by atoms with Crippen LogP contribution in [-0.4, -0.2) is 78.0 Å². The molecule has 0 saturated heterocycles. The van der Waals surface area contributed by atoms with E-state index in [2.05, 4.69) is 9.98 Å². The molecule has 1 unspecified atom stereocenters. The van der Waals surface area contributed by atoms with Crippen molar-refractivity contribution in [2.45, 2.75) is 6.04 Å². The summed E-state index contributed by atoms with van der Waals surface area (Å²) in [6.45, 7) is 3.14. The van der Waals surface area contributed by atoms with Crippen LogP contribution in [0, 0.1) is 0 Å². The van der Waals surface area contributed by atoms with Crippen molar-refractivity contribution in [3.63, 3.8) is 0 Å². The van der Waals surface area contributed by atoms with Crippen LogP contribution >= 0.6 is 0 Å². The molecule has 0 radical (unpaired) electrons. The molecule has 0 fully saturated rings.